The van der Waals surface area contributed by atoms with Gasteiger partial charge < -0.3 is 47.2 Å². The van der Waals surface area contributed by atoms with Gasteiger partial charge in [0.05, 0.1) is 43.6 Å². The summed E-state index contributed by atoms with van der Waals surface area (Å²) in [6.45, 7) is 7.19. The molecule has 42 heteroatoms. The number of sulfonamides is 2. The summed E-state index contributed by atoms with van der Waals surface area (Å²) < 4.78 is 224. The zero-order chi connectivity index (χ0) is 86.0. The number of nitrogens with zero attached hydrogens (tertiary/aromatic N) is 6. The number of anilines is 2. The van der Waals surface area contributed by atoms with Gasteiger partial charge in [-0.25, -0.2) is 78.7 Å². The van der Waals surface area contributed by atoms with Gasteiger partial charge in [-0.3, -0.25) is 19.2 Å². The van der Waals surface area contributed by atoms with Crippen molar-refractivity contribution in [1.82, 2.24) is 28.7 Å². The number of carbonyl (C=O) groups is 6. The number of fused-ring (bicyclic) bond motifs is 8. The topological polar surface area (TPSA) is 479 Å². The molecule has 2 atom stereocenters. The van der Waals surface area contributed by atoms with Crippen molar-refractivity contribution in [3.63, 3.8) is 0 Å². The summed E-state index contributed by atoms with van der Waals surface area (Å²) in [6.07, 6.45) is 12.6. The largest absolute Gasteiger partial charge is 1.00 e. The number of ether oxygens (including phenoxy) is 2. The maximum atomic E-state index is 14.4. The van der Waals surface area contributed by atoms with Gasteiger partial charge in [-0.1, -0.05) is 25.0 Å². The molecule has 0 spiro atoms. The number of imide groups is 2. The SMILES string of the molecule is O=C(CCCCCNS(=O)(=O)c1cc(S(=O)(=O)[O-])ccc1C1=c2cc3c4c(c2Oc2c1cc1c5c2CCCN5CCC1)CCC[N+]=4CCC3)ON1C(=O)CC(S(=O)(=O)[O-])C1=O.O=C(CCCCCNS(=O)(=O)c1ccc(C2=c3cc4c5c(c3Oc3c2cc2c6c3CCCN6CCC2)CCC[N+]=5CCC4)c(S(=O)(=O)[O-])c1)ON1C(=O)CC(S(=O)(=O)[O-])C1=O.[Na+].[Na+]. The van der Waals surface area contributed by atoms with Gasteiger partial charge in [0.1, 0.15) is 100 Å². The predicted molar refractivity (Wildman–Crippen MR) is 429 cm³/mol. The third kappa shape index (κ3) is 17.5. The normalized spacial score (nSPS) is 19.2. The second-order valence-corrected chi connectivity index (χ2v) is 42.0. The summed E-state index contributed by atoms with van der Waals surface area (Å²) >= 11 is 0. The van der Waals surface area contributed by atoms with Crippen LogP contribution in [-0.4, -0.2) is 190 Å². The van der Waals surface area contributed by atoms with Crippen molar-refractivity contribution in [2.24, 2.45) is 0 Å². The molecule has 2 N–H and O–H groups in total. The van der Waals surface area contributed by atoms with Crippen LogP contribution in [0.4, 0.5) is 11.4 Å². The smallest absolute Gasteiger partial charge is 0.747 e. The van der Waals surface area contributed by atoms with Crippen LogP contribution in [-0.2, 0) is 150 Å². The van der Waals surface area contributed by atoms with E-state index in [1.54, 1.807) is 0 Å². The molecule has 0 aromatic heterocycles. The first-order valence-corrected chi connectivity index (χ1v) is 49.9. The van der Waals surface area contributed by atoms with Crippen LogP contribution in [0.5, 0.6) is 23.0 Å². The number of aryl methyl sites for hydroxylation is 4. The van der Waals surface area contributed by atoms with Crippen molar-refractivity contribution in [3.05, 3.63) is 149 Å². The Labute approximate surface area is 760 Å². The minimum atomic E-state index is -5.25. The Hall–Kier alpha value is -7.46. The van der Waals surface area contributed by atoms with E-state index in [9.17, 15) is 97.5 Å². The van der Waals surface area contributed by atoms with E-state index in [-0.39, 0.29) is 150 Å². The van der Waals surface area contributed by atoms with E-state index >= 15 is 0 Å². The Morgan fingerprint density at radius 2 is 0.806 bits per heavy atom. The average Bonchev–Trinajstić information content (AvgIpc) is 0.954. The van der Waals surface area contributed by atoms with Gasteiger partial charge in [-0.05, 0) is 162 Å². The molecule has 6 aromatic carbocycles. The average molecular weight is 1840 g/mol. The molecule has 0 aliphatic carbocycles. The first-order chi connectivity index (χ1) is 58.0. The number of amides is 4. The molecule has 0 saturated carbocycles. The van der Waals surface area contributed by atoms with Gasteiger partial charge in [0, 0.05) is 155 Å². The van der Waals surface area contributed by atoms with Crippen molar-refractivity contribution in [1.29, 1.82) is 0 Å². The van der Waals surface area contributed by atoms with E-state index in [1.165, 1.54) is 40.3 Å². The molecule has 18 rings (SSSR count). The van der Waals surface area contributed by atoms with Crippen LogP contribution < -0.4 is 118 Å². The predicted octanol–water partition coefficient (Wildman–Crippen LogP) is -4.00. The molecule has 124 heavy (non-hydrogen) atoms. The molecule has 12 aliphatic rings. The molecule has 0 bridgehead atoms. The quantitative estimate of drug-likeness (QED) is 0.0191. The van der Waals surface area contributed by atoms with Gasteiger partial charge in [-0.15, -0.1) is 10.1 Å². The number of unbranched alkanes of at least 4 members (excludes halogenated alkanes) is 4. The fraction of sp³-hybridized carbons (Fsp3) is 0.463. The monoisotopic (exact) mass is 1840 g/mol. The molecular formula is C82H86N8Na2O26S6. The van der Waals surface area contributed by atoms with Crippen LogP contribution in [0.25, 0.3) is 11.1 Å². The van der Waals surface area contributed by atoms with Crippen LogP contribution in [0.3, 0.4) is 0 Å². The molecule has 0 radical (unpaired) electrons. The maximum Gasteiger partial charge on any atom is 1.00 e. The molecule has 6 aromatic rings. The Kier molecular flexibility index (Phi) is 26.2. The molecule has 12 aliphatic heterocycles. The number of hydrogen-bond acceptors (Lipinski definition) is 28. The number of nitrogens with one attached hydrogen (secondary N) is 2. The standard InChI is InChI=1S/2C41H44N4O13S3.2Na/c46-34-23-33(61(54,55)56)41(48)45(34)58-35(47)12-2-1-3-15-42-59(49,50)32-22-26(60(51,52)53)13-14-27(32)36-30-20-24-8-4-16-43-18-6-10-28(37(24)43)39(30)57-40-29-11-7-19-44-17-5-9-25(38(29)44)21-31(36)40;46-34-23-33(61(54,55)56)41(48)45(34)58-35(47)12-2-1-3-15-42-59(49,50)26-13-14-27(32(22-26)60(51,52)53)36-30-20-24-8-4-16-43-18-6-10-28(37(24)43)39(30)57-40-29-11-7-19-44-17-5-9-25(38(29)44)21-31(36)40;;/h2*13-14,20-22,33,42H,1-12,15-19,23H2,(H-,51,52,53,54,55,56);;/q;;2*+1/p-2. The maximum absolute atomic E-state index is 14.4. The summed E-state index contributed by atoms with van der Waals surface area (Å²) in [4.78, 5) is 84.9. The van der Waals surface area contributed by atoms with E-state index in [0.29, 0.717) is 55.7 Å². The Balaban J connectivity index is 0.000000189. The fourth-order valence-corrected chi connectivity index (χ4v) is 24.7. The number of hydroxylamine groups is 4. The van der Waals surface area contributed by atoms with E-state index in [4.69, 9.17) is 14.3 Å². The number of benzene rings is 6. The Morgan fingerprint density at radius 3 is 1.23 bits per heavy atom. The van der Waals surface area contributed by atoms with Gasteiger partial charge in [0.25, 0.3) is 23.6 Å². The molecule has 2 fully saturated rings. The summed E-state index contributed by atoms with van der Waals surface area (Å²) in [5, 5.41) is -0.642. The van der Waals surface area contributed by atoms with Gasteiger partial charge in [-0.2, -0.15) is 0 Å². The van der Waals surface area contributed by atoms with Crippen LogP contribution in [0.15, 0.2) is 80.2 Å². The summed E-state index contributed by atoms with van der Waals surface area (Å²) in [5.41, 5.74) is 14.0. The van der Waals surface area contributed by atoms with Crippen molar-refractivity contribution in [2.75, 3.05) is 75.2 Å². The molecule has 648 valence electrons. The van der Waals surface area contributed by atoms with E-state index < -0.39 is 134 Å². The van der Waals surface area contributed by atoms with Crippen molar-refractivity contribution in [3.8, 4) is 23.0 Å². The molecule has 4 amide bonds. The second-order valence-electron chi connectivity index (χ2n) is 32.7. The Morgan fingerprint density at radius 1 is 0.419 bits per heavy atom. The Bertz CT molecular complexity index is 6620. The minimum absolute atomic E-state index is 0. The minimum Gasteiger partial charge on any atom is -0.747 e. The van der Waals surface area contributed by atoms with Crippen LogP contribution in [0, 0.1) is 0 Å². The number of hydrogen-bond donors (Lipinski definition) is 2. The van der Waals surface area contributed by atoms with Gasteiger partial charge >= 0.3 is 71.1 Å². The molecule has 2 saturated heterocycles. The van der Waals surface area contributed by atoms with E-state index in [0.717, 1.165) is 218 Å². The first kappa shape index (κ1) is 91.3. The molecule has 12 heterocycles. The third-order valence-corrected chi connectivity index (χ3v) is 31.7. The zero-order valence-corrected chi connectivity index (χ0v) is 77.0. The summed E-state index contributed by atoms with van der Waals surface area (Å²) in [6, 6.07) is 15.4. The van der Waals surface area contributed by atoms with Gasteiger partial charge in [0.15, 0.2) is 0 Å². The van der Waals surface area contributed by atoms with Crippen molar-refractivity contribution >= 4 is 119 Å². The fourth-order valence-electron chi connectivity index (χ4n) is 19.6. The van der Waals surface area contributed by atoms with Crippen molar-refractivity contribution in [2.45, 2.75) is 197 Å². The van der Waals surface area contributed by atoms with E-state index in [1.807, 2.05) is 0 Å². The zero-order valence-electron chi connectivity index (χ0n) is 68.1. The molecule has 34 nitrogen and oxygen atoms in total. The van der Waals surface area contributed by atoms with E-state index in [2.05, 4.69) is 57.5 Å². The van der Waals surface area contributed by atoms with Crippen LogP contribution in [0.1, 0.15) is 182 Å². The number of carbonyl (C=O) groups excluding carboxylic acids is 6. The first-order valence-electron chi connectivity index (χ1n) is 41.1. The summed E-state index contributed by atoms with van der Waals surface area (Å²) in [5.74, 6) is -4.59. The number of rotatable bonds is 24. The molecule has 2 unspecified atom stereocenters. The second kappa shape index (κ2) is 35.5. The van der Waals surface area contributed by atoms with Crippen LogP contribution in [0.2, 0.25) is 0 Å². The molecular weight excluding hydrogens is 1750 g/mol. The third-order valence-electron chi connectivity index (χ3n) is 24.9. The van der Waals surface area contributed by atoms with Crippen LogP contribution >= 0.6 is 0 Å². The van der Waals surface area contributed by atoms with Crippen molar-refractivity contribution < 1.29 is 176 Å². The summed E-state index contributed by atoms with van der Waals surface area (Å²) in [7, 11) is -29.5. The van der Waals surface area contributed by atoms with Gasteiger partial charge in [0.2, 0.25) is 30.8 Å².